The monoisotopic (exact) mass is 370 g/mol. The first-order valence-corrected chi connectivity index (χ1v) is 4.41. The number of carbonyl (C=O) groups excluding carboxylic acids is 2. The summed E-state index contributed by atoms with van der Waals surface area (Å²) in [6.07, 6.45) is 0.250. The average Bonchev–Trinajstić information content (AvgIpc) is 1.87. The summed E-state index contributed by atoms with van der Waals surface area (Å²) in [5.74, 6) is 0. The van der Waals surface area contributed by atoms with Crippen LogP contribution < -0.4 is 14.7 Å². The van der Waals surface area contributed by atoms with E-state index in [2.05, 4.69) is 4.31 Å². The summed E-state index contributed by atoms with van der Waals surface area (Å²) in [5.41, 5.74) is 0. The van der Waals surface area contributed by atoms with E-state index in [0.717, 1.165) is 0 Å². The first-order valence-electron chi connectivity index (χ1n) is 1.85. The second-order valence-electron chi connectivity index (χ2n) is 0.836. The van der Waals surface area contributed by atoms with E-state index in [0.29, 0.717) is 0 Å². The molecule has 0 saturated carbocycles. The van der Waals surface area contributed by atoms with E-state index in [1.807, 2.05) is 0 Å². The average molecular weight is 371 g/mol. The third-order valence-electron chi connectivity index (χ3n) is 0.167. The van der Waals surface area contributed by atoms with Gasteiger partial charge in [0.1, 0.15) is 7.82 Å². The number of hydrogen-bond acceptors (Lipinski definition) is 10. The fraction of sp³-hybridized carbons (Fsp3) is 0.875. The molecule has 0 aromatic rings. The molecular weight excluding hydrogens is 342 g/mol. The van der Waals surface area contributed by atoms with Gasteiger partial charge in [0.2, 0.25) is 0 Å². The molecule has 1 unspecified atom stereocenters. The zero-order chi connectivity index (χ0) is 11.5. The van der Waals surface area contributed by atoms with Crippen LogP contribution in [0.2, 0.25) is 0 Å². The molecule has 0 aliphatic heterocycles. The van der Waals surface area contributed by atoms with Crippen molar-refractivity contribution in [2.75, 3.05) is 0 Å². The van der Waals surface area contributed by atoms with Gasteiger partial charge < -0.3 is 19.2 Å². The summed E-state index contributed by atoms with van der Waals surface area (Å²) in [4.78, 5) is 58.1. The van der Waals surface area contributed by atoms with E-state index in [4.69, 9.17) is 19.5 Å². The zero-order valence-corrected chi connectivity index (χ0v) is 9.39. The van der Waals surface area contributed by atoms with Crippen LogP contribution in [0.4, 0.5) is 0 Å². The van der Waals surface area contributed by atoms with E-state index >= 15 is 0 Å². The molecule has 0 spiro atoms. The van der Waals surface area contributed by atoms with Crippen LogP contribution in [-0.2, 0) is 23.0 Å². The molecule has 0 aromatic carbocycles. The Morgan fingerprint density at radius 3 is 1.00 bits per heavy atom. The Morgan fingerprint density at radius 2 is 1.00 bits per heavy atom. The molecule has 132 valence electrons. The van der Waals surface area contributed by atoms with Crippen molar-refractivity contribution in [3.63, 3.8) is 0 Å². The summed E-state index contributed by atoms with van der Waals surface area (Å²) >= 11 is 0. The van der Waals surface area contributed by atoms with Gasteiger partial charge in [0.05, 0.1) is 0 Å². The minimum absolute atomic E-state index is 0. The van der Waals surface area contributed by atoms with Crippen molar-refractivity contribution < 1.29 is 37.7 Å². The zero-order valence-electron chi connectivity index (χ0n) is 6.18. The summed E-state index contributed by atoms with van der Waals surface area (Å²) in [6.45, 7) is 0. The Labute approximate surface area is 145 Å². The van der Waals surface area contributed by atoms with E-state index in [1.54, 1.807) is 0 Å². The quantitative estimate of drug-likeness (QED) is 0.508. The van der Waals surface area contributed by atoms with E-state index < -0.39 is 16.1 Å². The molecule has 0 saturated heterocycles. The van der Waals surface area contributed by atoms with Gasteiger partial charge in [-0.15, -0.1) is 4.31 Å². The molecule has 0 rings (SSSR count). The van der Waals surface area contributed by atoms with Crippen molar-refractivity contribution in [2.24, 2.45) is 0 Å². The molecule has 10 nitrogen and oxygen atoms in total. The van der Waals surface area contributed by atoms with Gasteiger partial charge in [-0.05, 0) is 4.57 Å². The summed E-state index contributed by atoms with van der Waals surface area (Å²) in [7, 11) is -8.89. The molecule has 0 aliphatic carbocycles. The minimum atomic E-state index is -5.32. The Kier molecular flexibility index (Phi) is 240. The minimum Gasteiger partial charge on any atom is -0.786 e. The third kappa shape index (κ3) is 265. The first kappa shape index (κ1) is 84.4. The molecule has 0 fully saturated rings. The first-order chi connectivity index (χ1) is 5.83. The molecule has 0 heterocycles. The van der Waals surface area contributed by atoms with Crippen molar-refractivity contribution in [3.8, 4) is 0 Å². The Morgan fingerprint density at radius 1 is 0.857 bits per heavy atom. The van der Waals surface area contributed by atoms with Crippen LogP contribution in [0.5, 0.6) is 0 Å². The number of rotatable bonds is 2. The maximum Gasteiger partial charge on any atom is 2.00 e. The van der Waals surface area contributed by atoms with Gasteiger partial charge in [-0.2, -0.15) is 9.59 Å². The van der Waals surface area contributed by atoms with E-state index in [1.165, 1.54) is 0 Å². The van der Waals surface area contributed by atoms with Crippen LogP contribution >= 0.6 is 16.1 Å². The Hall–Kier alpha value is -0.0838. The number of phosphoric acid groups is 1. The second kappa shape index (κ2) is 59.8. The van der Waals surface area contributed by atoms with Gasteiger partial charge in [0.25, 0.3) is 0 Å². The summed E-state index contributed by atoms with van der Waals surface area (Å²) in [5, 5.41) is 0. The fourth-order valence-corrected chi connectivity index (χ4v) is 0.735. The van der Waals surface area contributed by atoms with Crippen molar-refractivity contribution in [1.29, 1.82) is 0 Å². The Bertz CT molecular complexity index is 227. The smallest absolute Gasteiger partial charge is 0.786 e. The summed E-state index contributed by atoms with van der Waals surface area (Å²) < 4.78 is 21.4. The molecule has 1 atom stereocenters. The van der Waals surface area contributed by atoms with Gasteiger partial charge in [-0.1, -0.05) is 52.0 Å². The molecular formula is C8H28MgO10P2. The normalized spacial score (nSPS) is 5.76. The number of hydrogen-bond donors (Lipinski definition) is 0. The van der Waals surface area contributed by atoms with Gasteiger partial charge >= 0.3 is 37.5 Å². The molecule has 0 N–H and O–H groups in total. The van der Waals surface area contributed by atoms with Crippen LogP contribution in [0, 0.1) is 9.93 Å². The largest absolute Gasteiger partial charge is 2.00 e. The molecule has 0 bridgehead atoms. The Balaban J connectivity index is -0.00000000780. The predicted octanol–water partition coefficient (Wildman–Crippen LogP) is 1.40. The van der Waals surface area contributed by atoms with Gasteiger partial charge in [0, 0.05) is 9.93 Å². The van der Waals surface area contributed by atoms with Crippen molar-refractivity contribution in [3.05, 3.63) is 9.93 Å². The van der Waals surface area contributed by atoms with Crippen LogP contribution in [0.1, 0.15) is 52.0 Å². The maximum atomic E-state index is 9.31. The van der Waals surface area contributed by atoms with Crippen molar-refractivity contribution in [2.45, 2.75) is 52.0 Å². The molecule has 0 aromatic heterocycles. The van der Waals surface area contributed by atoms with Crippen LogP contribution in [0.3, 0.4) is 0 Å². The van der Waals surface area contributed by atoms with E-state index in [9.17, 15) is 23.8 Å². The molecule has 0 amide bonds. The molecule has 13 heteroatoms. The SMILES string of the molecule is C.C.C.C.C.C.C.O=C=O.O=O.O=[P+]([O-])OP(=O)([O-])[O-].[Mg+2]. The van der Waals surface area contributed by atoms with Gasteiger partial charge in [0.15, 0.2) is 0 Å². The topological polar surface area (TPSA) is 181 Å². The van der Waals surface area contributed by atoms with Crippen LogP contribution in [0.15, 0.2) is 0 Å². The molecule has 21 heavy (non-hydrogen) atoms. The van der Waals surface area contributed by atoms with Crippen LogP contribution in [0.25, 0.3) is 0 Å². The molecule has 0 radical (unpaired) electrons. The summed E-state index contributed by atoms with van der Waals surface area (Å²) in [6, 6.07) is 0. The standard InChI is InChI=1S/CO2.7CH4.Mg.H2O6P2.O2/c2-1-3;;;;;;;;;1-7(2)6-8(3,4)5;1-2/h;7*1H4;;(H2,3,4,5);/q;;;;;;;;+2;;/p-2. The second-order valence-corrected chi connectivity index (χ2v) is 2.83. The predicted molar refractivity (Wildman–Crippen MR) is 80.9 cm³/mol. The fourth-order valence-electron chi connectivity index (χ4n) is 0.0816. The van der Waals surface area contributed by atoms with Gasteiger partial charge in [-0.3, -0.25) is 0 Å². The molecule has 0 aliphatic rings. The third-order valence-corrected chi connectivity index (χ3v) is 1.50. The van der Waals surface area contributed by atoms with Crippen LogP contribution in [-0.4, -0.2) is 29.2 Å². The van der Waals surface area contributed by atoms with E-state index in [-0.39, 0.29) is 81.2 Å². The van der Waals surface area contributed by atoms with Gasteiger partial charge in [-0.25, -0.2) is 0 Å². The van der Waals surface area contributed by atoms with Crippen molar-refractivity contribution in [1.82, 2.24) is 0 Å². The van der Waals surface area contributed by atoms with Crippen molar-refractivity contribution >= 4 is 45.3 Å². The maximum absolute atomic E-state index is 9.31.